The first kappa shape index (κ1) is 14.9. The van der Waals surface area contributed by atoms with Crippen molar-refractivity contribution in [3.8, 4) is 6.07 Å². The van der Waals surface area contributed by atoms with E-state index in [9.17, 15) is 4.79 Å². The molecule has 1 N–H and O–H groups in total. The van der Waals surface area contributed by atoms with Crippen molar-refractivity contribution in [1.29, 1.82) is 5.26 Å². The lowest BCUT2D eigenvalue weighted by Crippen LogP contribution is -2.25. The maximum atomic E-state index is 11.0. The first-order valence-electron chi connectivity index (χ1n) is 5.79. The SMILES string of the molecule is CCOC(=O)CNCCCCC(C)(C)C#N. The number of carbonyl (C=O) groups is 1. The number of nitrogens with one attached hydrogen (secondary N) is 1. The third-order valence-electron chi connectivity index (χ3n) is 2.28. The van der Waals surface area contributed by atoms with Crippen LogP contribution in [0.25, 0.3) is 0 Å². The van der Waals surface area contributed by atoms with Crippen molar-refractivity contribution in [2.24, 2.45) is 5.41 Å². The van der Waals surface area contributed by atoms with Gasteiger partial charge >= 0.3 is 5.97 Å². The molecule has 4 heteroatoms. The van der Waals surface area contributed by atoms with Gasteiger partial charge in [0.15, 0.2) is 0 Å². The fourth-order valence-corrected chi connectivity index (χ4v) is 1.28. The number of nitriles is 1. The van der Waals surface area contributed by atoms with E-state index in [1.165, 1.54) is 0 Å². The van der Waals surface area contributed by atoms with Gasteiger partial charge in [0.25, 0.3) is 0 Å². The van der Waals surface area contributed by atoms with Crippen LogP contribution >= 0.6 is 0 Å². The highest BCUT2D eigenvalue weighted by Crippen LogP contribution is 2.21. The highest BCUT2D eigenvalue weighted by atomic mass is 16.5. The maximum absolute atomic E-state index is 11.0. The molecule has 4 nitrogen and oxygen atoms in total. The average molecular weight is 226 g/mol. The van der Waals surface area contributed by atoms with Gasteiger partial charge in [-0.05, 0) is 40.2 Å². The number of nitrogens with zero attached hydrogens (tertiary/aromatic N) is 1. The predicted octanol–water partition coefficient (Wildman–Crippen LogP) is 1.86. The van der Waals surface area contributed by atoms with Gasteiger partial charge < -0.3 is 10.1 Å². The van der Waals surface area contributed by atoms with E-state index < -0.39 is 0 Å². The van der Waals surface area contributed by atoms with E-state index in [4.69, 9.17) is 10.00 Å². The van der Waals surface area contributed by atoms with Crippen LogP contribution < -0.4 is 5.32 Å². The second-order valence-electron chi connectivity index (χ2n) is 4.43. The first-order valence-corrected chi connectivity index (χ1v) is 5.79. The van der Waals surface area contributed by atoms with Crippen molar-refractivity contribution in [2.75, 3.05) is 19.7 Å². The van der Waals surface area contributed by atoms with Gasteiger partial charge in [-0.2, -0.15) is 5.26 Å². The lowest BCUT2D eigenvalue weighted by atomic mass is 9.89. The number of hydrogen-bond acceptors (Lipinski definition) is 4. The van der Waals surface area contributed by atoms with E-state index in [1.54, 1.807) is 6.92 Å². The summed E-state index contributed by atoms with van der Waals surface area (Å²) in [5, 5.41) is 11.8. The van der Waals surface area contributed by atoms with Crippen molar-refractivity contribution in [1.82, 2.24) is 5.32 Å². The van der Waals surface area contributed by atoms with Gasteiger partial charge in [-0.3, -0.25) is 4.79 Å². The van der Waals surface area contributed by atoms with Gasteiger partial charge in [0.1, 0.15) is 0 Å². The van der Waals surface area contributed by atoms with Gasteiger partial charge in [-0.1, -0.05) is 6.42 Å². The number of ether oxygens (including phenoxy) is 1. The molecule has 0 rings (SSSR count). The molecule has 0 aliphatic rings. The second-order valence-corrected chi connectivity index (χ2v) is 4.43. The summed E-state index contributed by atoms with van der Waals surface area (Å²) in [5.41, 5.74) is -0.235. The summed E-state index contributed by atoms with van der Waals surface area (Å²) in [5.74, 6) is -0.208. The van der Waals surface area contributed by atoms with Gasteiger partial charge in [0.2, 0.25) is 0 Å². The van der Waals surface area contributed by atoms with E-state index in [-0.39, 0.29) is 17.9 Å². The predicted molar refractivity (Wildman–Crippen MR) is 62.7 cm³/mol. The number of rotatable bonds is 8. The Labute approximate surface area is 98.0 Å². The first-order chi connectivity index (χ1) is 7.52. The van der Waals surface area contributed by atoms with Crippen LogP contribution in [-0.4, -0.2) is 25.7 Å². The molecule has 0 atom stereocenters. The standard InChI is InChI=1S/C12H22N2O2/c1-4-16-11(15)9-14-8-6-5-7-12(2,3)10-13/h14H,4-9H2,1-3H3. The van der Waals surface area contributed by atoms with Crippen LogP contribution in [0.3, 0.4) is 0 Å². The molecule has 0 aromatic heterocycles. The smallest absolute Gasteiger partial charge is 0.319 e. The zero-order valence-electron chi connectivity index (χ0n) is 10.5. The molecule has 0 unspecified atom stereocenters. The monoisotopic (exact) mass is 226 g/mol. The fourth-order valence-electron chi connectivity index (χ4n) is 1.28. The van der Waals surface area contributed by atoms with Crippen LogP contribution in [0, 0.1) is 16.7 Å². The average Bonchev–Trinajstić information content (AvgIpc) is 2.23. The molecule has 0 bridgehead atoms. The molecular weight excluding hydrogens is 204 g/mol. The molecule has 92 valence electrons. The number of unbranched alkanes of at least 4 members (excludes halogenated alkanes) is 1. The number of esters is 1. The zero-order chi connectivity index (χ0) is 12.4. The minimum absolute atomic E-state index is 0.208. The molecule has 0 aromatic carbocycles. The van der Waals surface area contributed by atoms with Gasteiger partial charge in [-0.25, -0.2) is 0 Å². The molecule has 0 aliphatic carbocycles. The molecule has 0 heterocycles. The summed E-state index contributed by atoms with van der Waals surface area (Å²) in [6, 6.07) is 2.27. The topological polar surface area (TPSA) is 62.1 Å². The summed E-state index contributed by atoms with van der Waals surface area (Å²) in [4.78, 5) is 11.0. The van der Waals surface area contributed by atoms with E-state index in [0.717, 1.165) is 25.8 Å². The van der Waals surface area contributed by atoms with E-state index >= 15 is 0 Å². The largest absolute Gasteiger partial charge is 0.465 e. The van der Waals surface area contributed by atoms with Crippen LogP contribution in [0.1, 0.15) is 40.0 Å². The third-order valence-corrected chi connectivity index (χ3v) is 2.28. The van der Waals surface area contributed by atoms with Crippen LogP contribution in [0.2, 0.25) is 0 Å². The lowest BCUT2D eigenvalue weighted by Gasteiger charge is -2.14. The van der Waals surface area contributed by atoms with Crippen molar-refractivity contribution < 1.29 is 9.53 Å². The summed E-state index contributed by atoms with van der Waals surface area (Å²) in [7, 11) is 0. The Balaban J connectivity index is 3.35. The molecule has 0 amide bonds. The molecule has 0 saturated carbocycles. The quantitative estimate of drug-likeness (QED) is 0.507. The highest BCUT2D eigenvalue weighted by molar-refractivity contribution is 5.71. The third kappa shape index (κ3) is 8.25. The Hall–Kier alpha value is -1.08. The van der Waals surface area contributed by atoms with Crippen LogP contribution in [-0.2, 0) is 9.53 Å². The van der Waals surface area contributed by atoms with Crippen LogP contribution in [0.15, 0.2) is 0 Å². The van der Waals surface area contributed by atoms with Gasteiger partial charge in [0.05, 0.1) is 24.6 Å². The maximum Gasteiger partial charge on any atom is 0.319 e. The van der Waals surface area contributed by atoms with E-state index in [2.05, 4.69) is 11.4 Å². The molecule has 0 radical (unpaired) electrons. The van der Waals surface area contributed by atoms with Crippen molar-refractivity contribution in [3.63, 3.8) is 0 Å². The molecule has 16 heavy (non-hydrogen) atoms. The summed E-state index contributed by atoms with van der Waals surface area (Å²) in [6.45, 7) is 7.17. The number of carbonyl (C=O) groups excluding carboxylic acids is 1. The van der Waals surface area contributed by atoms with E-state index in [1.807, 2.05) is 13.8 Å². The molecule has 0 aliphatic heterocycles. The Kier molecular flexibility index (Phi) is 7.57. The van der Waals surface area contributed by atoms with Crippen molar-refractivity contribution in [3.05, 3.63) is 0 Å². The molecule has 0 spiro atoms. The second kappa shape index (κ2) is 8.12. The Morgan fingerprint density at radius 2 is 2.12 bits per heavy atom. The Morgan fingerprint density at radius 1 is 1.44 bits per heavy atom. The Bertz CT molecular complexity index is 244. The molecule has 0 fully saturated rings. The fraction of sp³-hybridized carbons (Fsp3) is 0.833. The minimum atomic E-state index is -0.235. The molecular formula is C12H22N2O2. The van der Waals surface area contributed by atoms with E-state index in [0.29, 0.717) is 6.61 Å². The summed E-state index contributed by atoms with van der Waals surface area (Å²) >= 11 is 0. The highest BCUT2D eigenvalue weighted by Gasteiger charge is 2.15. The molecule has 0 aromatic rings. The lowest BCUT2D eigenvalue weighted by molar-refractivity contribution is -0.141. The van der Waals surface area contributed by atoms with Gasteiger partial charge in [-0.15, -0.1) is 0 Å². The summed E-state index contributed by atoms with van der Waals surface area (Å²) in [6.07, 6.45) is 2.87. The zero-order valence-corrected chi connectivity index (χ0v) is 10.5. The van der Waals surface area contributed by atoms with Crippen LogP contribution in [0.4, 0.5) is 0 Å². The molecule has 0 saturated heterocycles. The van der Waals surface area contributed by atoms with Crippen molar-refractivity contribution >= 4 is 5.97 Å². The number of hydrogen-bond donors (Lipinski definition) is 1. The normalized spacial score (nSPS) is 10.9. The minimum Gasteiger partial charge on any atom is -0.465 e. The Morgan fingerprint density at radius 3 is 2.69 bits per heavy atom. The van der Waals surface area contributed by atoms with Crippen LogP contribution in [0.5, 0.6) is 0 Å². The summed E-state index contributed by atoms with van der Waals surface area (Å²) < 4.78 is 4.78. The van der Waals surface area contributed by atoms with Gasteiger partial charge in [0, 0.05) is 0 Å². The van der Waals surface area contributed by atoms with Crippen molar-refractivity contribution in [2.45, 2.75) is 40.0 Å².